The van der Waals surface area contributed by atoms with Crippen molar-refractivity contribution in [1.29, 1.82) is 0 Å². The summed E-state index contributed by atoms with van der Waals surface area (Å²) in [6, 6.07) is 12.5. The Bertz CT molecular complexity index is 633. The first-order valence-corrected chi connectivity index (χ1v) is 7.09. The first kappa shape index (κ1) is 14.2. The average Bonchev–Trinajstić information content (AvgIpc) is 2.93. The molecule has 0 aromatic heterocycles. The Morgan fingerprint density at radius 1 is 1.14 bits per heavy atom. The van der Waals surface area contributed by atoms with Gasteiger partial charge in [-0.3, -0.25) is 0 Å². The molecule has 0 unspecified atom stereocenters. The molecule has 110 valence electrons. The number of fused-ring (bicyclic) bond motifs is 1. The van der Waals surface area contributed by atoms with Crippen molar-refractivity contribution in [2.45, 2.75) is 18.6 Å². The molecule has 0 saturated heterocycles. The van der Waals surface area contributed by atoms with Gasteiger partial charge in [-0.15, -0.1) is 0 Å². The third kappa shape index (κ3) is 2.97. The van der Waals surface area contributed by atoms with Crippen LogP contribution >= 0.6 is 11.6 Å². The summed E-state index contributed by atoms with van der Waals surface area (Å²) in [7, 11) is 0. The van der Waals surface area contributed by atoms with E-state index in [0.29, 0.717) is 28.5 Å². The topological polar surface area (TPSA) is 64.7 Å². The van der Waals surface area contributed by atoms with Crippen molar-refractivity contribution in [2.75, 3.05) is 6.79 Å². The van der Waals surface area contributed by atoms with Gasteiger partial charge in [-0.05, 0) is 17.2 Å². The van der Waals surface area contributed by atoms with Crippen molar-refractivity contribution in [2.24, 2.45) is 5.73 Å². The maximum absolute atomic E-state index is 10.3. The molecule has 3 rings (SSSR count). The lowest BCUT2D eigenvalue weighted by Crippen LogP contribution is -2.28. The molecule has 4 nitrogen and oxygen atoms in total. The van der Waals surface area contributed by atoms with E-state index in [-0.39, 0.29) is 6.79 Å². The lowest BCUT2D eigenvalue weighted by molar-refractivity contribution is 0.145. The van der Waals surface area contributed by atoms with Crippen LogP contribution in [0.2, 0.25) is 5.02 Å². The van der Waals surface area contributed by atoms with Gasteiger partial charge in [0.2, 0.25) is 6.79 Å². The molecule has 2 aromatic rings. The van der Waals surface area contributed by atoms with Gasteiger partial charge in [-0.25, -0.2) is 0 Å². The molecule has 0 amide bonds. The maximum Gasteiger partial charge on any atom is 0.231 e. The number of nitrogens with two attached hydrogens (primary N) is 1. The molecular weight excluding hydrogens is 290 g/mol. The molecule has 0 aliphatic carbocycles. The van der Waals surface area contributed by atoms with Crippen LogP contribution in [0.5, 0.6) is 11.5 Å². The van der Waals surface area contributed by atoms with E-state index in [9.17, 15) is 5.11 Å². The Balaban J connectivity index is 1.80. The van der Waals surface area contributed by atoms with E-state index in [1.807, 2.05) is 30.3 Å². The zero-order valence-corrected chi connectivity index (χ0v) is 12.1. The molecule has 2 aromatic carbocycles. The first-order valence-electron chi connectivity index (χ1n) is 6.72. The average molecular weight is 306 g/mol. The largest absolute Gasteiger partial charge is 0.454 e. The third-order valence-corrected chi connectivity index (χ3v) is 3.88. The van der Waals surface area contributed by atoms with Gasteiger partial charge in [-0.2, -0.15) is 0 Å². The number of hydrogen-bond acceptors (Lipinski definition) is 4. The van der Waals surface area contributed by atoms with Crippen LogP contribution < -0.4 is 15.2 Å². The monoisotopic (exact) mass is 305 g/mol. The number of hydrogen-bond donors (Lipinski definition) is 2. The molecule has 1 aliphatic rings. The minimum absolute atomic E-state index is 0.178. The van der Waals surface area contributed by atoms with Crippen LogP contribution in [0.15, 0.2) is 42.5 Å². The number of aliphatic hydroxyl groups excluding tert-OH is 1. The molecule has 0 saturated carbocycles. The highest BCUT2D eigenvalue weighted by Crippen LogP contribution is 2.39. The summed E-state index contributed by atoms with van der Waals surface area (Å²) in [5.41, 5.74) is 7.83. The molecule has 21 heavy (non-hydrogen) atoms. The summed E-state index contributed by atoms with van der Waals surface area (Å²) in [6.45, 7) is 0.178. The van der Waals surface area contributed by atoms with E-state index in [0.717, 1.165) is 5.56 Å². The second-order valence-corrected chi connectivity index (χ2v) is 5.42. The molecule has 0 fully saturated rings. The quantitative estimate of drug-likeness (QED) is 0.911. The summed E-state index contributed by atoms with van der Waals surface area (Å²) >= 11 is 6.22. The van der Waals surface area contributed by atoms with Crippen LogP contribution in [-0.4, -0.2) is 18.0 Å². The number of benzene rings is 2. The van der Waals surface area contributed by atoms with Crippen molar-refractivity contribution in [3.63, 3.8) is 0 Å². The third-order valence-electron chi connectivity index (χ3n) is 3.55. The lowest BCUT2D eigenvalue weighted by Gasteiger charge is -2.20. The Labute approximate surface area is 128 Å². The van der Waals surface area contributed by atoms with Gasteiger partial charge in [0, 0.05) is 17.5 Å². The molecule has 1 aliphatic heterocycles. The standard InChI is InChI=1S/C16H16ClNO3/c17-12-8-15-14(20-9-21-15)7-11(12)16(18)13(19)6-10-4-2-1-3-5-10/h1-5,7-8,13,16,19H,6,9,18H2/t13-,16+/m0/s1. The van der Waals surface area contributed by atoms with Gasteiger partial charge >= 0.3 is 0 Å². The second kappa shape index (κ2) is 5.93. The Morgan fingerprint density at radius 3 is 2.52 bits per heavy atom. The van der Waals surface area contributed by atoms with Crippen LogP contribution in [0.1, 0.15) is 17.2 Å². The maximum atomic E-state index is 10.3. The molecule has 2 atom stereocenters. The minimum atomic E-state index is -0.731. The highest BCUT2D eigenvalue weighted by Gasteiger charge is 2.24. The summed E-state index contributed by atoms with van der Waals surface area (Å²) in [5, 5.41) is 10.8. The zero-order valence-electron chi connectivity index (χ0n) is 11.3. The van der Waals surface area contributed by atoms with E-state index in [1.165, 1.54) is 0 Å². The number of rotatable bonds is 4. The molecule has 5 heteroatoms. The van der Waals surface area contributed by atoms with Gasteiger partial charge in [0.25, 0.3) is 0 Å². The van der Waals surface area contributed by atoms with E-state index < -0.39 is 12.1 Å². The number of aliphatic hydroxyl groups is 1. The Kier molecular flexibility index (Phi) is 4.01. The first-order chi connectivity index (χ1) is 10.1. The van der Waals surface area contributed by atoms with Crippen LogP contribution in [-0.2, 0) is 6.42 Å². The summed E-state index contributed by atoms with van der Waals surface area (Å²) in [6.07, 6.45) is -0.266. The van der Waals surface area contributed by atoms with Crippen LogP contribution in [0.4, 0.5) is 0 Å². The SMILES string of the molecule is N[C@H](c1cc2c(cc1Cl)OCO2)[C@@H](O)Cc1ccccc1. The second-order valence-electron chi connectivity index (χ2n) is 5.01. The van der Waals surface area contributed by atoms with Gasteiger partial charge in [0.1, 0.15) is 0 Å². The van der Waals surface area contributed by atoms with E-state index in [1.54, 1.807) is 12.1 Å². The molecule has 0 spiro atoms. The highest BCUT2D eigenvalue weighted by atomic mass is 35.5. The predicted molar refractivity (Wildman–Crippen MR) is 80.7 cm³/mol. The highest BCUT2D eigenvalue weighted by molar-refractivity contribution is 6.31. The summed E-state index contributed by atoms with van der Waals surface area (Å²) in [4.78, 5) is 0. The van der Waals surface area contributed by atoms with Crippen LogP contribution in [0, 0.1) is 0 Å². The molecule has 3 N–H and O–H groups in total. The minimum Gasteiger partial charge on any atom is -0.454 e. The van der Waals surface area contributed by atoms with Gasteiger partial charge < -0.3 is 20.3 Å². The molecule has 0 bridgehead atoms. The Morgan fingerprint density at radius 2 is 1.81 bits per heavy atom. The Hall–Kier alpha value is -1.75. The van der Waals surface area contributed by atoms with Crippen molar-refractivity contribution in [3.05, 3.63) is 58.6 Å². The zero-order chi connectivity index (χ0) is 14.8. The number of ether oxygens (including phenoxy) is 2. The van der Waals surface area contributed by atoms with Gasteiger partial charge in [0.05, 0.1) is 12.1 Å². The fraction of sp³-hybridized carbons (Fsp3) is 0.250. The normalized spacial score (nSPS) is 15.8. The summed E-state index contributed by atoms with van der Waals surface area (Å²) in [5.74, 6) is 1.21. The van der Waals surface area contributed by atoms with Crippen molar-refractivity contribution < 1.29 is 14.6 Å². The van der Waals surface area contributed by atoms with Crippen LogP contribution in [0.25, 0.3) is 0 Å². The van der Waals surface area contributed by atoms with Crippen molar-refractivity contribution >= 4 is 11.6 Å². The molecule has 1 heterocycles. The van der Waals surface area contributed by atoms with Crippen LogP contribution in [0.3, 0.4) is 0 Å². The summed E-state index contributed by atoms with van der Waals surface area (Å²) < 4.78 is 10.6. The fourth-order valence-corrected chi connectivity index (χ4v) is 2.66. The smallest absolute Gasteiger partial charge is 0.231 e. The molecular formula is C16H16ClNO3. The number of halogens is 1. The van der Waals surface area contributed by atoms with Crippen molar-refractivity contribution in [3.8, 4) is 11.5 Å². The van der Waals surface area contributed by atoms with Gasteiger partial charge in [0.15, 0.2) is 11.5 Å². The lowest BCUT2D eigenvalue weighted by atomic mass is 9.96. The van der Waals surface area contributed by atoms with E-state index in [4.69, 9.17) is 26.8 Å². The molecule has 0 radical (unpaired) electrons. The van der Waals surface area contributed by atoms with E-state index in [2.05, 4.69) is 0 Å². The van der Waals surface area contributed by atoms with Crippen molar-refractivity contribution in [1.82, 2.24) is 0 Å². The predicted octanol–water partition coefficient (Wildman–Crippen LogP) is 2.67. The van der Waals surface area contributed by atoms with Gasteiger partial charge in [-0.1, -0.05) is 41.9 Å². The van der Waals surface area contributed by atoms with E-state index >= 15 is 0 Å². The fourth-order valence-electron chi connectivity index (χ4n) is 2.38.